The van der Waals surface area contributed by atoms with Crippen LogP contribution in [0.4, 0.5) is 0 Å². The van der Waals surface area contributed by atoms with E-state index < -0.39 is 0 Å². The molecule has 0 amide bonds. The lowest BCUT2D eigenvalue weighted by molar-refractivity contribution is 0.812. The van der Waals surface area contributed by atoms with Crippen LogP contribution in [0.25, 0.3) is 11.2 Å². The van der Waals surface area contributed by atoms with Gasteiger partial charge < -0.3 is 4.57 Å². The Balaban J connectivity index is 1.69. The van der Waals surface area contributed by atoms with Crippen molar-refractivity contribution < 1.29 is 0 Å². The van der Waals surface area contributed by atoms with Gasteiger partial charge in [0.15, 0.2) is 5.65 Å². The summed E-state index contributed by atoms with van der Waals surface area (Å²) in [7, 11) is 0. The summed E-state index contributed by atoms with van der Waals surface area (Å²) < 4.78 is 2.07. The fourth-order valence-electron chi connectivity index (χ4n) is 2.74. The molecule has 0 N–H and O–H groups in total. The fourth-order valence-corrected chi connectivity index (χ4v) is 2.74. The summed E-state index contributed by atoms with van der Waals surface area (Å²) in [6.07, 6.45) is 4.24. The van der Waals surface area contributed by atoms with Gasteiger partial charge in [-0.3, -0.25) is 0 Å². The molecular weight excluding hydrogens is 284 g/mol. The smallest absolute Gasteiger partial charge is 0.163 e. The molecule has 0 saturated carbocycles. The Morgan fingerprint density at radius 3 is 2.17 bits per heavy atom. The minimum Gasteiger partial charge on any atom is -0.311 e. The monoisotopic (exact) mass is 300 g/mol. The van der Waals surface area contributed by atoms with E-state index in [1.54, 1.807) is 6.33 Å². The van der Waals surface area contributed by atoms with Crippen LogP contribution in [-0.4, -0.2) is 19.5 Å². The quantitative estimate of drug-likeness (QED) is 0.579. The predicted molar refractivity (Wildman–Crippen MR) is 90.1 cm³/mol. The number of imidazole rings is 1. The molecule has 2 heterocycles. The van der Waals surface area contributed by atoms with Crippen LogP contribution < -0.4 is 0 Å². The number of benzene rings is 2. The number of nitrogens with zero attached hydrogens (tertiary/aromatic N) is 4. The maximum Gasteiger partial charge on any atom is 0.163 e. The van der Waals surface area contributed by atoms with Gasteiger partial charge in [0.1, 0.15) is 11.8 Å². The van der Waals surface area contributed by atoms with E-state index in [2.05, 4.69) is 43.8 Å². The van der Waals surface area contributed by atoms with E-state index in [9.17, 15) is 0 Å². The molecule has 0 bridgehead atoms. The lowest BCUT2D eigenvalue weighted by Crippen LogP contribution is -2.01. The first kappa shape index (κ1) is 13.6. The largest absolute Gasteiger partial charge is 0.311 e. The Morgan fingerprint density at radius 2 is 1.43 bits per heavy atom. The Hall–Kier alpha value is -3.01. The third kappa shape index (κ3) is 2.83. The maximum atomic E-state index is 4.55. The van der Waals surface area contributed by atoms with Gasteiger partial charge in [-0.15, -0.1) is 0 Å². The van der Waals surface area contributed by atoms with Crippen LogP contribution in [0.3, 0.4) is 0 Å². The van der Waals surface area contributed by atoms with Crippen LogP contribution in [0.1, 0.15) is 16.8 Å². The second-order valence-electron chi connectivity index (χ2n) is 5.51. The molecule has 0 radical (unpaired) electrons. The Labute approximate surface area is 134 Å². The molecule has 2 aromatic carbocycles. The lowest BCUT2D eigenvalue weighted by atomic mass is 10.1. The summed E-state index contributed by atoms with van der Waals surface area (Å²) in [5.74, 6) is 0. The van der Waals surface area contributed by atoms with Gasteiger partial charge in [-0.2, -0.15) is 0 Å². The third-order valence-corrected chi connectivity index (χ3v) is 3.89. The van der Waals surface area contributed by atoms with Gasteiger partial charge in [0.2, 0.25) is 0 Å². The van der Waals surface area contributed by atoms with Crippen molar-refractivity contribution in [3.63, 3.8) is 0 Å². The number of hydrogen-bond donors (Lipinski definition) is 0. The van der Waals surface area contributed by atoms with E-state index in [1.807, 2.05) is 42.7 Å². The number of aromatic nitrogens is 4. The van der Waals surface area contributed by atoms with Gasteiger partial charge in [0.05, 0.1) is 18.6 Å². The minimum atomic E-state index is 0.763. The first-order valence-corrected chi connectivity index (χ1v) is 7.63. The summed E-state index contributed by atoms with van der Waals surface area (Å²) in [5, 5.41) is 0. The van der Waals surface area contributed by atoms with E-state index in [-0.39, 0.29) is 0 Å². The van der Waals surface area contributed by atoms with Crippen molar-refractivity contribution in [2.45, 2.75) is 13.0 Å². The molecule has 0 fully saturated rings. The molecule has 4 nitrogen and oxygen atoms in total. The van der Waals surface area contributed by atoms with Crippen LogP contribution in [0.15, 0.2) is 73.3 Å². The summed E-state index contributed by atoms with van der Waals surface area (Å²) in [6.45, 7) is 0.763. The number of rotatable bonds is 4. The average molecular weight is 300 g/mol. The minimum absolute atomic E-state index is 0.763. The molecule has 4 aromatic rings. The zero-order valence-corrected chi connectivity index (χ0v) is 12.6. The van der Waals surface area contributed by atoms with Crippen molar-refractivity contribution >= 4 is 11.2 Å². The standard InChI is InChI=1S/C19H16N4/c1-3-7-15(8-4-1)11-17-18-19(21-13-20-17)23(14-22-18)12-16-9-5-2-6-10-16/h1-10,13-14H,11-12H2. The molecule has 2 aromatic heterocycles. The van der Waals surface area contributed by atoms with Gasteiger partial charge in [0.25, 0.3) is 0 Å². The molecule has 112 valence electrons. The zero-order chi connectivity index (χ0) is 15.5. The van der Waals surface area contributed by atoms with Gasteiger partial charge in [-0.05, 0) is 11.1 Å². The van der Waals surface area contributed by atoms with Gasteiger partial charge in [-0.25, -0.2) is 15.0 Å². The van der Waals surface area contributed by atoms with Crippen molar-refractivity contribution in [1.82, 2.24) is 19.5 Å². The Bertz CT molecular complexity index is 914. The number of hydrogen-bond acceptors (Lipinski definition) is 3. The van der Waals surface area contributed by atoms with Gasteiger partial charge >= 0.3 is 0 Å². The third-order valence-electron chi connectivity index (χ3n) is 3.89. The van der Waals surface area contributed by atoms with Crippen molar-refractivity contribution in [3.8, 4) is 0 Å². The van der Waals surface area contributed by atoms with Crippen LogP contribution in [0, 0.1) is 0 Å². The first-order chi connectivity index (χ1) is 11.4. The highest BCUT2D eigenvalue weighted by atomic mass is 15.1. The van der Waals surface area contributed by atoms with Crippen molar-refractivity contribution in [3.05, 3.63) is 90.1 Å². The molecule has 0 aliphatic heterocycles. The van der Waals surface area contributed by atoms with Gasteiger partial charge in [-0.1, -0.05) is 60.7 Å². The van der Waals surface area contributed by atoms with Crippen LogP contribution in [-0.2, 0) is 13.0 Å². The van der Waals surface area contributed by atoms with E-state index in [0.717, 1.165) is 29.8 Å². The molecule has 0 aliphatic carbocycles. The first-order valence-electron chi connectivity index (χ1n) is 7.63. The molecule has 4 heteroatoms. The number of fused-ring (bicyclic) bond motifs is 1. The lowest BCUT2D eigenvalue weighted by Gasteiger charge is -2.05. The highest BCUT2D eigenvalue weighted by Gasteiger charge is 2.10. The van der Waals surface area contributed by atoms with E-state index in [4.69, 9.17) is 0 Å². The normalized spacial score (nSPS) is 11.0. The summed E-state index contributed by atoms with van der Waals surface area (Å²) in [4.78, 5) is 13.4. The molecular formula is C19H16N4. The summed E-state index contributed by atoms with van der Waals surface area (Å²) in [6, 6.07) is 20.7. The average Bonchev–Trinajstić information content (AvgIpc) is 3.01. The summed E-state index contributed by atoms with van der Waals surface area (Å²) in [5.41, 5.74) is 5.19. The highest BCUT2D eigenvalue weighted by Crippen LogP contribution is 2.17. The molecule has 0 unspecified atom stereocenters. The van der Waals surface area contributed by atoms with Crippen LogP contribution in [0.2, 0.25) is 0 Å². The molecule has 23 heavy (non-hydrogen) atoms. The predicted octanol–water partition coefficient (Wildman–Crippen LogP) is 3.47. The maximum absolute atomic E-state index is 4.55. The Morgan fingerprint density at radius 1 is 0.739 bits per heavy atom. The summed E-state index contributed by atoms with van der Waals surface area (Å²) >= 11 is 0. The fraction of sp³-hybridized carbons (Fsp3) is 0.105. The molecule has 0 spiro atoms. The van der Waals surface area contributed by atoms with Crippen molar-refractivity contribution in [2.75, 3.05) is 0 Å². The molecule has 0 saturated heterocycles. The molecule has 4 rings (SSSR count). The van der Waals surface area contributed by atoms with Gasteiger partial charge in [0, 0.05) is 6.42 Å². The topological polar surface area (TPSA) is 43.6 Å². The zero-order valence-electron chi connectivity index (χ0n) is 12.6. The van der Waals surface area contributed by atoms with Crippen molar-refractivity contribution in [1.29, 1.82) is 0 Å². The highest BCUT2D eigenvalue weighted by molar-refractivity contribution is 5.73. The van der Waals surface area contributed by atoms with E-state index in [1.165, 1.54) is 11.1 Å². The second kappa shape index (κ2) is 6.01. The van der Waals surface area contributed by atoms with E-state index in [0.29, 0.717) is 0 Å². The molecule has 0 atom stereocenters. The SMILES string of the molecule is c1ccc(Cc2ncnc3c2ncn3Cc2ccccc2)cc1. The van der Waals surface area contributed by atoms with Crippen molar-refractivity contribution in [2.24, 2.45) is 0 Å². The van der Waals surface area contributed by atoms with Crippen LogP contribution >= 0.6 is 0 Å². The van der Waals surface area contributed by atoms with Crippen LogP contribution in [0.5, 0.6) is 0 Å². The van der Waals surface area contributed by atoms with E-state index >= 15 is 0 Å². The second-order valence-corrected chi connectivity index (χ2v) is 5.51. The Kier molecular flexibility index (Phi) is 3.56. The molecule has 0 aliphatic rings.